The first kappa shape index (κ1) is 17.5. The first-order valence-electron chi connectivity index (χ1n) is 7.37. The molecule has 0 aliphatic heterocycles. The number of rotatable bonds is 6. The molecule has 0 saturated heterocycles. The molecule has 0 bridgehead atoms. The van der Waals surface area contributed by atoms with Crippen LogP contribution < -0.4 is 0 Å². The molecule has 0 heterocycles. The number of methoxy groups -OCH3 is 1. The van der Waals surface area contributed by atoms with Gasteiger partial charge in [-0.05, 0) is 18.8 Å². The third-order valence-corrected chi connectivity index (χ3v) is 4.40. The lowest BCUT2D eigenvalue weighted by Gasteiger charge is -2.25. The van der Waals surface area contributed by atoms with Gasteiger partial charge >= 0.3 is 11.9 Å². The second kappa shape index (κ2) is 7.43. The van der Waals surface area contributed by atoms with E-state index in [2.05, 4.69) is 4.74 Å². The maximum Gasteiger partial charge on any atom is 0.310 e. The predicted octanol–water partition coefficient (Wildman–Crippen LogP) is 1.39. The van der Waals surface area contributed by atoms with Crippen LogP contribution in [0.2, 0.25) is 0 Å². The normalized spacial score (nSPS) is 26.2. The van der Waals surface area contributed by atoms with Gasteiger partial charge in [0.2, 0.25) is 5.91 Å². The molecule has 0 radical (unpaired) electrons. The number of amides is 1. The molecule has 1 N–H and O–H groups in total. The van der Waals surface area contributed by atoms with Crippen LogP contribution in [-0.2, 0) is 19.1 Å². The summed E-state index contributed by atoms with van der Waals surface area (Å²) in [6, 6.07) is 0. The van der Waals surface area contributed by atoms with Gasteiger partial charge in [0.15, 0.2) is 0 Å². The average molecular weight is 299 g/mol. The van der Waals surface area contributed by atoms with Crippen molar-refractivity contribution in [3.8, 4) is 0 Å². The lowest BCUT2D eigenvalue weighted by molar-refractivity contribution is -0.150. The number of ether oxygens (including phenoxy) is 1. The van der Waals surface area contributed by atoms with Crippen LogP contribution >= 0.6 is 0 Å². The SMILES string of the molecule is CCC1C[C@H](C(=O)N(C)CC(C)C(=O)OC)[C@H](C(=O)O)C1. The van der Waals surface area contributed by atoms with Gasteiger partial charge in [-0.2, -0.15) is 0 Å². The monoisotopic (exact) mass is 299 g/mol. The number of aliphatic carboxylic acids is 1. The summed E-state index contributed by atoms with van der Waals surface area (Å²) in [6.45, 7) is 3.94. The number of carbonyl (C=O) groups is 3. The average Bonchev–Trinajstić information content (AvgIpc) is 2.89. The van der Waals surface area contributed by atoms with Gasteiger partial charge in [0.05, 0.1) is 24.9 Å². The summed E-state index contributed by atoms with van der Waals surface area (Å²) in [4.78, 5) is 36.7. The Morgan fingerprint density at radius 1 is 1.29 bits per heavy atom. The zero-order valence-electron chi connectivity index (χ0n) is 13.2. The number of carbonyl (C=O) groups excluding carboxylic acids is 2. The summed E-state index contributed by atoms with van der Waals surface area (Å²) in [6.07, 6.45) is 2.06. The lowest BCUT2D eigenvalue weighted by Crippen LogP contribution is -2.40. The smallest absolute Gasteiger partial charge is 0.310 e. The van der Waals surface area contributed by atoms with Crippen molar-refractivity contribution in [3.63, 3.8) is 0 Å². The second-order valence-corrected chi connectivity index (χ2v) is 5.94. The Balaban J connectivity index is 2.72. The topological polar surface area (TPSA) is 83.9 Å². The van der Waals surface area contributed by atoms with Crippen LogP contribution in [0.5, 0.6) is 0 Å². The van der Waals surface area contributed by atoms with E-state index in [9.17, 15) is 19.5 Å². The summed E-state index contributed by atoms with van der Waals surface area (Å²) in [5.74, 6) is -2.70. The van der Waals surface area contributed by atoms with Crippen molar-refractivity contribution in [2.24, 2.45) is 23.7 Å². The van der Waals surface area contributed by atoms with Gasteiger partial charge in [-0.1, -0.05) is 20.3 Å². The molecule has 1 fully saturated rings. The Kier molecular flexibility index (Phi) is 6.18. The van der Waals surface area contributed by atoms with Crippen molar-refractivity contribution in [3.05, 3.63) is 0 Å². The number of hydrogen-bond acceptors (Lipinski definition) is 4. The molecule has 21 heavy (non-hydrogen) atoms. The molecule has 0 aromatic rings. The fourth-order valence-corrected chi connectivity index (χ4v) is 3.08. The molecule has 0 aromatic heterocycles. The van der Waals surface area contributed by atoms with Gasteiger partial charge in [-0.3, -0.25) is 14.4 Å². The molecule has 0 aromatic carbocycles. The molecular weight excluding hydrogens is 274 g/mol. The van der Waals surface area contributed by atoms with Crippen LogP contribution in [0.3, 0.4) is 0 Å². The van der Waals surface area contributed by atoms with E-state index >= 15 is 0 Å². The minimum Gasteiger partial charge on any atom is -0.481 e. The minimum absolute atomic E-state index is 0.186. The van der Waals surface area contributed by atoms with Gasteiger partial charge in [0.1, 0.15) is 0 Å². The minimum atomic E-state index is -0.904. The van der Waals surface area contributed by atoms with Crippen LogP contribution in [0.15, 0.2) is 0 Å². The molecule has 1 saturated carbocycles. The fraction of sp³-hybridized carbons (Fsp3) is 0.800. The summed E-state index contributed by atoms with van der Waals surface area (Å²) in [5, 5.41) is 9.29. The molecule has 6 nitrogen and oxygen atoms in total. The number of hydrogen-bond donors (Lipinski definition) is 1. The van der Waals surface area contributed by atoms with E-state index < -0.39 is 23.7 Å². The molecule has 4 atom stereocenters. The lowest BCUT2D eigenvalue weighted by atomic mass is 9.94. The molecule has 1 aliphatic carbocycles. The highest BCUT2D eigenvalue weighted by atomic mass is 16.5. The maximum absolute atomic E-state index is 12.5. The van der Waals surface area contributed by atoms with E-state index in [1.165, 1.54) is 12.0 Å². The van der Waals surface area contributed by atoms with Crippen molar-refractivity contribution >= 4 is 17.8 Å². The first-order chi connectivity index (χ1) is 9.81. The standard InChI is InChI=1S/C15H25NO5/c1-5-10-6-11(12(7-10)14(18)19)13(17)16(3)8-9(2)15(20)21-4/h9-12H,5-8H2,1-4H3,(H,18,19)/t9?,10?,11-,12+/m0/s1. The van der Waals surface area contributed by atoms with Crippen molar-refractivity contribution < 1.29 is 24.2 Å². The van der Waals surface area contributed by atoms with Crippen LogP contribution in [-0.4, -0.2) is 48.6 Å². The van der Waals surface area contributed by atoms with Crippen LogP contribution in [0, 0.1) is 23.7 Å². The van der Waals surface area contributed by atoms with Crippen LogP contribution in [0.4, 0.5) is 0 Å². The molecule has 2 unspecified atom stereocenters. The van der Waals surface area contributed by atoms with Gasteiger partial charge in [-0.25, -0.2) is 0 Å². The van der Waals surface area contributed by atoms with Gasteiger partial charge in [-0.15, -0.1) is 0 Å². The summed E-state index contributed by atoms with van der Waals surface area (Å²) >= 11 is 0. The zero-order valence-corrected chi connectivity index (χ0v) is 13.2. The van der Waals surface area contributed by atoms with Crippen LogP contribution in [0.1, 0.15) is 33.1 Å². The summed E-state index contributed by atoms with van der Waals surface area (Å²) in [5.41, 5.74) is 0. The summed E-state index contributed by atoms with van der Waals surface area (Å²) < 4.78 is 4.64. The van der Waals surface area contributed by atoms with E-state index in [0.29, 0.717) is 12.8 Å². The van der Waals surface area contributed by atoms with Gasteiger partial charge in [0, 0.05) is 13.6 Å². The largest absolute Gasteiger partial charge is 0.481 e. The molecule has 1 aliphatic rings. The Morgan fingerprint density at radius 2 is 1.86 bits per heavy atom. The number of esters is 1. The predicted molar refractivity (Wildman–Crippen MR) is 76.4 cm³/mol. The molecular formula is C15H25NO5. The fourth-order valence-electron chi connectivity index (χ4n) is 3.08. The zero-order chi connectivity index (χ0) is 16.2. The van der Waals surface area contributed by atoms with Crippen LogP contribution in [0.25, 0.3) is 0 Å². The second-order valence-electron chi connectivity index (χ2n) is 5.94. The molecule has 6 heteroatoms. The van der Waals surface area contributed by atoms with E-state index in [0.717, 1.165) is 6.42 Å². The van der Waals surface area contributed by atoms with E-state index in [-0.39, 0.29) is 24.3 Å². The molecule has 0 spiro atoms. The van der Waals surface area contributed by atoms with E-state index in [4.69, 9.17) is 0 Å². The number of nitrogens with zero attached hydrogens (tertiary/aromatic N) is 1. The highest BCUT2D eigenvalue weighted by molar-refractivity contribution is 5.85. The highest BCUT2D eigenvalue weighted by Gasteiger charge is 2.43. The van der Waals surface area contributed by atoms with Crippen molar-refractivity contribution in [1.82, 2.24) is 4.90 Å². The third kappa shape index (κ3) is 4.19. The maximum atomic E-state index is 12.5. The Labute approximate surface area is 125 Å². The Hall–Kier alpha value is -1.59. The highest BCUT2D eigenvalue weighted by Crippen LogP contribution is 2.39. The quantitative estimate of drug-likeness (QED) is 0.749. The molecule has 1 amide bonds. The van der Waals surface area contributed by atoms with Crippen molar-refractivity contribution in [2.75, 3.05) is 20.7 Å². The Morgan fingerprint density at radius 3 is 2.33 bits per heavy atom. The van der Waals surface area contributed by atoms with Gasteiger partial charge < -0.3 is 14.7 Å². The van der Waals surface area contributed by atoms with E-state index in [1.54, 1.807) is 14.0 Å². The third-order valence-electron chi connectivity index (χ3n) is 4.40. The Bertz CT molecular complexity index is 409. The van der Waals surface area contributed by atoms with Crippen molar-refractivity contribution in [1.29, 1.82) is 0 Å². The van der Waals surface area contributed by atoms with Gasteiger partial charge in [0.25, 0.3) is 0 Å². The number of carboxylic acid groups (broad SMARTS) is 1. The first-order valence-corrected chi connectivity index (χ1v) is 7.37. The summed E-state index contributed by atoms with van der Waals surface area (Å²) in [7, 11) is 2.92. The van der Waals surface area contributed by atoms with Crippen molar-refractivity contribution in [2.45, 2.75) is 33.1 Å². The van der Waals surface area contributed by atoms with E-state index in [1.807, 2.05) is 6.92 Å². The molecule has 120 valence electrons. The molecule has 1 rings (SSSR count). The number of carboxylic acids is 1.